The van der Waals surface area contributed by atoms with Crippen molar-refractivity contribution in [3.05, 3.63) is 34.9 Å². The molecule has 2 aliphatic rings. The van der Waals surface area contributed by atoms with Gasteiger partial charge in [0.2, 0.25) is 0 Å². The number of nitrogens with zero attached hydrogens (tertiary/aromatic N) is 1. The predicted octanol–water partition coefficient (Wildman–Crippen LogP) is 3.49. The van der Waals surface area contributed by atoms with E-state index in [-0.39, 0.29) is 0 Å². The zero-order chi connectivity index (χ0) is 13.9. The van der Waals surface area contributed by atoms with Gasteiger partial charge in [-0.3, -0.25) is 4.90 Å². The van der Waals surface area contributed by atoms with Gasteiger partial charge in [-0.25, -0.2) is 0 Å². The highest BCUT2D eigenvalue weighted by molar-refractivity contribution is 6.30. The lowest BCUT2D eigenvalue weighted by atomic mass is 9.97. The molecule has 1 aromatic rings. The van der Waals surface area contributed by atoms with Crippen molar-refractivity contribution >= 4 is 11.6 Å². The fraction of sp³-hybridized carbons (Fsp3) is 0.647. The molecule has 2 aliphatic heterocycles. The summed E-state index contributed by atoms with van der Waals surface area (Å²) in [5, 5.41) is 4.70. The van der Waals surface area contributed by atoms with Crippen LogP contribution in [-0.2, 0) is 6.42 Å². The summed E-state index contributed by atoms with van der Waals surface area (Å²) in [6, 6.07) is 10.2. The molecule has 2 nitrogen and oxygen atoms in total. The van der Waals surface area contributed by atoms with Crippen LogP contribution < -0.4 is 5.32 Å². The average molecular weight is 293 g/mol. The number of fused-ring (bicyclic) bond motifs is 1. The second kappa shape index (κ2) is 6.46. The maximum absolute atomic E-state index is 6.06. The number of benzene rings is 1. The van der Waals surface area contributed by atoms with Crippen LogP contribution in [0.2, 0.25) is 5.02 Å². The van der Waals surface area contributed by atoms with Gasteiger partial charge in [-0.15, -0.1) is 0 Å². The topological polar surface area (TPSA) is 15.3 Å². The third-order valence-electron chi connectivity index (χ3n) is 4.79. The highest BCUT2D eigenvalue weighted by Gasteiger charge is 2.35. The molecule has 3 unspecified atom stereocenters. The largest absolute Gasteiger partial charge is 0.310 e. The van der Waals surface area contributed by atoms with Crippen LogP contribution in [0.25, 0.3) is 0 Å². The van der Waals surface area contributed by atoms with E-state index >= 15 is 0 Å². The average Bonchev–Trinajstić information content (AvgIpc) is 2.82. The molecule has 3 rings (SSSR count). The third kappa shape index (κ3) is 3.36. The van der Waals surface area contributed by atoms with Crippen molar-refractivity contribution in [2.45, 2.75) is 57.2 Å². The first-order valence-electron chi connectivity index (χ1n) is 7.97. The molecule has 3 heteroatoms. The molecule has 0 radical (unpaired) electrons. The Labute approximate surface area is 127 Å². The van der Waals surface area contributed by atoms with E-state index < -0.39 is 0 Å². The highest BCUT2D eigenvalue weighted by atomic mass is 35.5. The molecule has 0 aliphatic carbocycles. The van der Waals surface area contributed by atoms with Crippen LogP contribution >= 0.6 is 11.6 Å². The van der Waals surface area contributed by atoms with Crippen LogP contribution in [0.5, 0.6) is 0 Å². The normalized spacial score (nSPS) is 28.3. The van der Waals surface area contributed by atoms with Gasteiger partial charge in [-0.2, -0.15) is 0 Å². The van der Waals surface area contributed by atoms with Crippen molar-refractivity contribution < 1.29 is 0 Å². The number of halogens is 1. The Morgan fingerprint density at radius 2 is 2.20 bits per heavy atom. The Morgan fingerprint density at radius 3 is 3.05 bits per heavy atom. The van der Waals surface area contributed by atoms with E-state index in [2.05, 4.69) is 29.3 Å². The molecule has 2 fully saturated rings. The molecule has 0 saturated carbocycles. The Bertz CT molecular complexity index is 448. The van der Waals surface area contributed by atoms with Gasteiger partial charge in [0, 0.05) is 29.7 Å². The van der Waals surface area contributed by atoms with E-state index in [0.29, 0.717) is 12.1 Å². The van der Waals surface area contributed by atoms with Gasteiger partial charge in [0.1, 0.15) is 0 Å². The lowest BCUT2D eigenvalue weighted by molar-refractivity contribution is 0.177. The first kappa shape index (κ1) is 14.4. The number of piperidine rings is 1. The summed E-state index contributed by atoms with van der Waals surface area (Å²) in [7, 11) is 0. The van der Waals surface area contributed by atoms with E-state index in [1.54, 1.807) is 0 Å². The summed E-state index contributed by atoms with van der Waals surface area (Å²) in [5.41, 5.74) is 1.33. The Morgan fingerprint density at radius 1 is 1.30 bits per heavy atom. The molecule has 0 spiro atoms. The summed E-state index contributed by atoms with van der Waals surface area (Å²) in [5.74, 6) is 0. The van der Waals surface area contributed by atoms with Crippen LogP contribution in [0.1, 0.15) is 38.2 Å². The van der Waals surface area contributed by atoms with Crippen LogP contribution in [0.15, 0.2) is 24.3 Å². The van der Waals surface area contributed by atoms with Crippen molar-refractivity contribution in [3.63, 3.8) is 0 Å². The molecule has 110 valence electrons. The minimum atomic E-state index is 0.514. The zero-order valence-corrected chi connectivity index (χ0v) is 13.1. The molecule has 1 aromatic carbocycles. The monoisotopic (exact) mass is 292 g/mol. The fourth-order valence-electron chi connectivity index (χ4n) is 3.88. The van der Waals surface area contributed by atoms with Crippen molar-refractivity contribution in [2.24, 2.45) is 0 Å². The number of rotatable bonds is 4. The van der Waals surface area contributed by atoms with Crippen molar-refractivity contribution in [1.29, 1.82) is 0 Å². The van der Waals surface area contributed by atoms with Crippen LogP contribution in [-0.4, -0.2) is 36.1 Å². The summed E-state index contributed by atoms with van der Waals surface area (Å²) < 4.78 is 0. The molecular formula is C17H25ClN2. The Balaban J connectivity index is 1.55. The molecule has 1 N–H and O–H groups in total. The molecule has 2 heterocycles. The van der Waals surface area contributed by atoms with E-state index in [1.807, 2.05) is 12.1 Å². The van der Waals surface area contributed by atoms with E-state index in [1.165, 1.54) is 44.3 Å². The summed E-state index contributed by atoms with van der Waals surface area (Å²) in [6.45, 7) is 4.89. The summed E-state index contributed by atoms with van der Waals surface area (Å²) in [4.78, 5) is 2.69. The van der Waals surface area contributed by atoms with Gasteiger partial charge in [0.05, 0.1) is 0 Å². The second-order valence-corrected chi connectivity index (χ2v) is 6.83. The Kier molecular flexibility index (Phi) is 4.65. The number of hydrogen-bond acceptors (Lipinski definition) is 2. The molecule has 2 saturated heterocycles. The SMILES string of the molecule is CC(Cc1cccc(Cl)c1)NC1CCN2CCCCC12. The second-order valence-electron chi connectivity index (χ2n) is 6.40. The third-order valence-corrected chi connectivity index (χ3v) is 5.02. The maximum atomic E-state index is 6.06. The maximum Gasteiger partial charge on any atom is 0.0408 e. The van der Waals surface area contributed by atoms with Gasteiger partial charge in [0.15, 0.2) is 0 Å². The van der Waals surface area contributed by atoms with E-state index in [0.717, 1.165) is 17.5 Å². The molecular weight excluding hydrogens is 268 g/mol. The first-order chi connectivity index (χ1) is 9.72. The minimum Gasteiger partial charge on any atom is -0.310 e. The zero-order valence-electron chi connectivity index (χ0n) is 12.3. The van der Waals surface area contributed by atoms with Gasteiger partial charge in [0.25, 0.3) is 0 Å². The number of hydrogen-bond donors (Lipinski definition) is 1. The summed E-state index contributed by atoms with van der Waals surface area (Å²) in [6.07, 6.45) is 6.54. The van der Waals surface area contributed by atoms with Gasteiger partial charge < -0.3 is 5.32 Å². The van der Waals surface area contributed by atoms with E-state index in [9.17, 15) is 0 Å². The molecule has 0 bridgehead atoms. The van der Waals surface area contributed by atoms with Gasteiger partial charge >= 0.3 is 0 Å². The molecule has 20 heavy (non-hydrogen) atoms. The Hall–Kier alpha value is -0.570. The van der Waals surface area contributed by atoms with Crippen molar-refractivity contribution in [2.75, 3.05) is 13.1 Å². The van der Waals surface area contributed by atoms with Crippen LogP contribution in [0.4, 0.5) is 0 Å². The minimum absolute atomic E-state index is 0.514. The lowest BCUT2D eigenvalue weighted by Gasteiger charge is -2.33. The molecule has 0 amide bonds. The van der Waals surface area contributed by atoms with Crippen LogP contribution in [0, 0.1) is 0 Å². The van der Waals surface area contributed by atoms with Gasteiger partial charge in [-0.1, -0.05) is 30.2 Å². The number of nitrogens with one attached hydrogen (secondary N) is 1. The fourth-order valence-corrected chi connectivity index (χ4v) is 4.10. The first-order valence-corrected chi connectivity index (χ1v) is 8.35. The van der Waals surface area contributed by atoms with Gasteiger partial charge in [-0.05, 0) is 56.8 Å². The van der Waals surface area contributed by atoms with E-state index in [4.69, 9.17) is 11.6 Å². The summed E-state index contributed by atoms with van der Waals surface area (Å²) >= 11 is 6.06. The van der Waals surface area contributed by atoms with Crippen molar-refractivity contribution in [3.8, 4) is 0 Å². The molecule has 3 atom stereocenters. The van der Waals surface area contributed by atoms with Crippen molar-refractivity contribution in [1.82, 2.24) is 10.2 Å². The smallest absolute Gasteiger partial charge is 0.0408 e. The quantitative estimate of drug-likeness (QED) is 0.914. The highest BCUT2D eigenvalue weighted by Crippen LogP contribution is 2.27. The standard InChI is InChI=1S/C17H25ClN2/c1-13(11-14-5-4-6-15(18)12-14)19-16-8-10-20-9-3-2-7-17(16)20/h4-6,12-13,16-17,19H,2-3,7-11H2,1H3. The molecule has 0 aromatic heterocycles. The predicted molar refractivity (Wildman–Crippen MR) is 85.4 cm³/mol. The van der Waals surface area contributed by atoms with Crippen LogP contribution in [0.3, 0.4) is 0 Å². The lowest BCUT2D eigenvalue weighted by Crippen LogP contribution is -2.48.